The number of thiophene rings is 1. The predicted molar refractivity (Wildman–Crippen MR) is 167 cm³/mol. The van der Waals surface area contributed by atoms with E-state index >= 15 is 0 Å². The zero-order valence-corrected chi connectivity index (χ0v) is 24.7. The molecule has 2 aromatic carbocycles. The lowest BCUT2D eigenvalue weighted by molar-refractivity contribution is 0.103. The summed E-state index contributed by atoms with van der Waals surface area (Å²) in [5.74, 6) is 0.762. The van der Waals surface area contributed by atoms with E-state index in [0.717, 1.165) is 65.9 Å². The average Bonchev–Trinajstić information content (AvgIpc) is 3.59. The van der Waals surface area contributed by atoms with Crippen LogP contribution in [0.4, 0.5) is 11.4 Å². The molecule has 0 saturated carbocycles. The smallest absolute Gasteiger partial charge is 0.265 e. The predicted octanol–water partition coefficient (Wildman–Crippen LogP) is 8.25. The molecular formula is C30H30N4O2S3. The van der Waals surface area contributed by atoms with E-state index in [-0.39, 0.29) is 5.91 Å². The lowest BCUT2D eigenvalue weighted by Gasteiger charge is -2.23. The standard InChI is InChI=1S/C30H30N4O2S3/c1-5-19-15-23(31)27(39-29(19)33-22-10-11-25(36-4)17(2)13-22)30-34-24(16-37-30)20-7-6-8-21(14-20)32-28(35)26-12-9-18(3)38-26/h6-14,16,33H,5,15,31H2,1-4H3,(H,32,35). The van der Waals surface area contributed by atoms with Gasteiger partial charge in [-0.3, -0.25) is 4.79 Å². The van der Waals surface area contributed by atoms with Gasteiger partial charge in [0.25, 0.3) is 5.91 Å². The van der Waals surface area contributed by atoms with Crippen LogP contribution in [0.25, 0.3) is 16.2 Å². The minimum Gasteiger partial charge on any atom is -0.496 e. The molecule has 0 saturated heterocycles. The van der Waals surface area contributed by atoms with Crippen molar-refractivity contribution < 1.29 is 9.53 Å². The second-order valence-electron chi connectivity index (χ2n) is 9.21. The number of nitrogens with one attached hydrogen (secondary N) is 2. The summed E-state index contributed by atoms with van der Waals surface area (Å²) in [5, 5.41) is 10.6. The number of methoxy groups -OCH3 is 1. The van der Waals surface area contributed by atoms with E-state index in [1.807, 2.05) is 67.8 Å². The van der Waals surface area contributed by atoms with Crippen LogP contribution in [-0.4, -0.2) is 18.0 Å². The summed E-state index contributed by atoms with van der Waals surface area (Å²) in [6, 6.07) is 17.7. The summed E-state index contributed by atoms with van der Waals surface area (Å²) in [4.78, 5) is 20.4. The van der Waals surface area contributed by atoms with Crippen molar-refractivity contribution in [3.05, 3.63) is 96.6 Å². The first-order valence-corrected chi connectivity index (χ1v) is 15.1. The fraction of sp³-hybridized carbons (Fsp3) is 0.200. The third-order valence-electron chi connectivity index (χ3n) is 6.38. The number of hydrogen-bond donors (Lipinski definition) is 3. The molecule has 0 fully saturated rings. The number of nitrogens with two attached hydrogens (primary N) is 1. The number of allylic oxidation sites excluding steroid dienone is 1. The van der Waals surface area contributed by atoms with Crippen LogP contribution < -0.4 is 21.1 Å². The number of thioether (sulfide) groups is 1. The number of carbonyl (C=O) groups excluding carboxylic acids is 1. The number of ether oxygens (including phenoxy) is 1. The zero-order valence-electron chi connectivity index (χ0n) is 22.3. The van der Waals surface area contributed by atoms with E-state index < -0.39 is 0 Å². The molecule has 2 aromatic heterocycles. The molecule has 200 valence electrons. The van der Waals surface area contributed by atoms with Crippen molar-refractivity contribution in [1.82, 2.24) is 4.98 Å². The maximum atomic E-state index is 12.6. The maximum absolute atomic E-state index is 12.6. The van der Waals surface area contributed by atoms with E-state index in [1.54, 1.807) is 30.2 Å². The number of anilines is 2. The number of nitrogens with zero attached hydrogens (tertiary/aromatic N) is 1. The molecule has 0 spiro atoms. The Labute approximate surface area is 241 Å². The number of benzene rings is 2. The lowest BCUT2D eigenvalue weighted by Crippen LogP contribution is -2.12. The minimum absolute atomic E-state index is 0.105. The van der Waals surface area contributed by atoms with Crippen molar-refractivity contribution in [2.75, 3.05) is 17.7 Å². The highest BCUT2D eigenvalue weighted by Crippen LogP contribution is 2.45. The normalized spacial score (nSPS) is 13.5. The Hall–Kier alpha value is -3.53. The second kappa shape index (κ2) is 11.7. The third kappa shape index (κ3) is 6.06. The molecule has 0 unspecified atom stereocenters. The largest absolute Gasteiger partial charge is 0.496 e. The topological polar surface area (TPSA) is 89.3 Å². The van der Waals surface area contributed by atoms with Crippen molar-refractivity contribution in [3.8, 4) is 17.0 Å². The molecule has 4 N–H and O–H groups in total. The van der Waals surface area contributed by atoms with E-state index in [1.165, 1.54) is 16.9 Å². The Kier molecular flexibility index (Phi) is 8.11. The van der Waals surface area contributed by atoms with Crippen molar-refractivity contribution in [2.24, 2.45) is 5.73 Å². The summed E-state index contributed by atoms with van der Waals surface area (Å²) in [5.41, 5.74) is 13.3. The van der Waals surface area contributed by atoms with Crippen LogP contribution in [0.5, 0.6) is 5.75 Å². The molecular weight excluding hydrogens is 545 g/mol. The van der Waals surface area contributed by atoms with E-state index in [9.17, 15) is 4.79 Å². The Morgan fingerprint density at radius 1 is 1.10 bits per heavy atom. The number of aryl methyl sites for hydroxylation is 2. The van der Waals surface area contributed by atoms with Gasteiger partial charge in [0, 0.05) is 39.3 Å². The molecule has 1 aliphatic rings. The number of rotatable bonds is 8. The summed E-state index contributed by atoms with van der Waals surface area (Å²) >= 11 is 4.70. The molecule has 4 aromatic rings. The van der Waals surface area contributed by atoms with Gasteiger partial charge in [0.1, 0.15) is 10.8 Å². The number of hydrogen-bond acceptors (Lipinski definition) is 8. The van der Waals surface area contributed by atoms with E-state index in [0.29, 0.717) is 11.3 Å². The highest BCUT2D eigenvalue weighted by atomic mass is 32.2. The van der Waals surface area contributed by atoms with Crippen molar-refractivity contribution in [3.63, 3.8) is 0 Å². The van der Waals surface area contributed by atoms with Crippen LogP contribution in [0.3, 0.4) is 0 Å². The Bertz CT molecular complexity index is 1600. The van der Waals surface area contributed by atoms with Gasteiger partial charge in [0.2, 0.25) is 0 Å². The Morgan fingerprint density at radius 2 is 1.95 bits per heavy atom. The molecule has 0 bridgehead atoms. The van der Waals surface area contributed by atoms with Crippen LogP contribution >= 0.6 is 34.4 Å². The number of carbonyl (C=O) groups is 1. The van der Waals surface area contributed by atoms with Gasteiger partial charge in [-0.25, -0.2) is 4.98 Å². The first-order chi connectivity index (χ1) is 18.8. The molecule has 0 aliphatic carbocycles. The van der Waals surface area contributed by atoms with Gasteiger partial charge < -0.3 is 21.1 Å². The molecule has 1 aliphatic heterocycles. The zero-order chi connectivity index (χ0) is 27.5. The lowest BCUT2D eigenvalue weighted by atomic mass is 10.1. The monoisotopic (exact) mass is 574 g/mol. The Morgan fingerprint density at radius 3 is 2.67 bits per heavy atom. The van der Waals surface area contributed by atoms with Gasteiger partial charge in [0.05, 0.1) is 27.6 Å². The number of aromatic nitrogens is 1. The van der Waals surface area contributed by atoms with Crippen LogP contribution in [0.2, 0.25) is 0 Å². The van der Waals surface area contributed by atoms with Gasteiger partial charge in [-0.2, -0.15) is 0 Å². The second-order valence-corrected chi connectivity index (χ2v) is 12.4. The molecule has 3 heterocycles. The first-order valence-electron chi connectivity index (χ1n) is 12.6. The highest BCUT2D eigenvalue weighted by molar-refractivity contribution is 8.12. The maximum Gasteiger partial charge on any atom is 0.265 e. The molecule has 39 heavy (non-hydrogen) atoms. The van der Waals surface area contributed by atoms with Crippen LogP contribution in [-0.2, 0) is 0 Å². The minimum atomic E-state index is -0.105. The van der Waals surface area contributed by atoms with Crippen LogP contribution in [0.1, 0.15) is 44.9 Å². The summed E-state index contributed by atoms with van der Waals surface area (Å²) in [6.45, 7) is 6.19. The average molecular weight is 575 g/mol. The van der Waals surface area contributed by atoms with E-state index in [2.05, 4.69) is 23.6 Å². The van der Waals surface area contributed by atoms with Gasteiger partial charge in [-0.05, 0) is 73.9 Å². The molecule has 1 amide bonds. The quantitative estimate of drug-likeness (QED) is 0.196. The van der Waals surface area contributed by atoms with Gasteiger partial charge >= 0.3 is 0 Å². The fourth-order valence-corrected chi connectivity index (χ4v) is 7.22. The van der Waals surface area contributed by atoms with Crippen molar-refractivity contribution >= 4 is 56.6 Å². The fourth-order valence-electron chi connectivity index (χ4n) is 4.31. The molecule has 9 heteroatoms. The van der Waals surface area contributed by atoms with Crippen molar-refractivity contribution in [2.45, 2.75) is 33.6 Å². The first kappa shape index (κ1) is 27.1. The van der Waals surface area contributed by atoms with Gasteiger partial charge in [-0.15, -0.1) is 22.7 Å². The molecule has 0 atom stereocenters. The van der Waals surface area contributed by atoms with Crippen LogP contribution in [0, 0.1) is 13.8 Å². The van der Waals surface area contributed by atoms with E-state index in [4.69, 9.17) is 15.5 Å². The molecule has 0 radical (unpaired) electrons. The number of amides is 1. The molecule has 5 rings (SSSR count). The Balaban J connectivity index is 1.34. The summed E-state index contributed by atoms with van der Waals surface area (Å²) in [7, 11) is 1.68. The SMILES string of the molecule is CCC1=C(Nc2ccc(OC)c(C)c2)SC(c2nc(-c3cccc(NC(=O)c4ccc(C)s4)c3)cs2)=C(N)C1. The van der Waals surface area contributed by atoms with Gasteiger partial charge in [-0.1, -0.05) is 30.8 Å². The highest BCUT2D eigenvalue weighted by Gasteiger charge is 2.23. The number of thiazole rings is 1. The van der Waals surface area contributed by atoms with Crippen molar-refractivity contribution in [1.29, 1.82) is 0 Å². The van der Waals surface area contributed by atoms with Crippen LogP contribution in [0.15, 0.2) is 76.3 Å². The molecule has 6 nitrogen and oxygen atoms in total. The summed E-state index contributed by atoms with van der Waals surface area (Å²) < 4.78 is 5.41. The van der Waals surface area contributed by atoms with Gasteiger partial charge in [0.15, 0.2) is 0 Å². The third-order valence-corrected chi connectivity index (χ3v) is 9.62. The summed E-state index contributed by atoms with van der Waals surface area (Å²) in [6.07, 6.45) is 1.61.